The van der Waals surface area contributed by atoms with E-state index in [1.807, 2.05) is 37.3 Å². The lowest BCUT2D eigenvalue weighted by Gasteiger charge is -2.16. The van der Waals surface area contributed by atoms with E-state index in [1.165, 1.54) is 9.13 Å². The lowest BCUT2D eigenvalue weighted by atomic mass is 10.2. The third-order valence-electron chi connectivity index (χ3n) is 5.20. The second kappa shape index (κ2) is 9.97. The fraction of sp³-hybridized carbons (Fsp3) is 0.500. The lowest BCUT2D eigenvalue weighted by molar-refractivity contribution is 0.0854. The molecule has 0 radical (unpaired) electrons. The Labute approximate surface area is 188 Å². The molecule has 7 nitrogen and oxygen atoms in total. The SMILES string of the molecule is CCCCn1c(=O)c2c(nc(Cl)n2Cc2ccccc2)n(COCC[Si](C)(C)C)c1=O. The molecule has 0 amide bonds. The van der Waals surface area contributed by atoms with Crippen molar-refractivity contribution in [3.05, 3.63) is 62.0 Å². The normalized spacial score (nSPS) is 12.0. The maximum atomic E-state index is 13.3. The molecule has 0 bridgehead atoms. The topological polar surface area (TPSA) is 71.1 Å². The van der Waals surface area contributed by atoms with Gasteiger partial charge in [0.2, 0.25) is 5.28 Å². The number of nitrogens with zero attached hydrogens (tertiary/aromatic N) is 4. The minimum atomic E-state index is -1.26. The molecule has 0 aliphatic carbocycles. The average Bonchev–Trinajstić information content (AvgIpc) is 3.03. The summed E-state index contributed by atoms with van der Waals surface area (Å²) in [5.41, 5.74) is 0.837. The smallest absolute Gasteiger partial charge is 0.334 e. The first-order chi connectivity index (χ1) is 14.7. The van der Waals surface area contributed by atoms with Crippen LogP contribution >= 0.6 is 11.6 Å². The molecular weight excluding hydrogens is 432 g/mol. The van der Waals surface area contributed by atoms with Gasteiger partial charge in [0.15, 0.2) is 11.2 Å². The molecule has 0 N–H and O–H groups in total. The molecule has 0 unspecified atom stereocenters. The summed E-state index contributed by atoms with van der Waals surface area (Å²) in [7, 11) is -1.26. The molecule has 9 heteroatoms. The summed E-state index contributed by atoms with van der Waals surface area (Å²) in [4.78, 5) is 30.8. The molecule has 0 saturated carbocycles. The number of ether oxygens (including phenoxy) is 1. The molecule has 2 aromatic heterocycles. The molecule has 3 rings (SSSR count). The van der Waals surface area contributed by atoms with Gasteiger partial charge in [-0.2, -0.15) is 4.98 Å². The quantitative estimate of drug-likeness (QED) is 0.257. The third-order valence-corrected chi connectivity index (χ3v) is 7.20. The Kier molecular flexibility index (Phi) is 7.56. The van der Waals surface area contributed by atoms with Gasteiger partial charge in [0, 0.05) is 21.2 Å². The van der Waals surface area contributed by atoms with Gasteiger partial charge in [-0.3, -0.25) is 13.9 Å². The van der Waals surface area contributed by atoms with Gasteiger partial charge in [-0.05, 0) is 29.6 Å². The van der Waals surface area contributed by atoms with Crippen LogP contribution in [0.2, 0.25) is 31.0 Å². The van der Waals surface area contributed by atoms with Gasteiger partial charge in [0.25, 0.3) is 5.56 Å². The van der Waals surface area contributed by atoms with Crippen LogP contribution in [0, 0.1) is 0 Å². The average molecular weight is 463 g/mol. The number of hydrogen-bond donors (Lipinski definition) is 0. The molecular formula is C22H31ClN4O3Si. The predicted octanol–water partition coefficient (Wildman–Crippen LogP) is 4.17. The number of imidazole rings is 1. The second-order valence-corrected chi connectivity index (χ2v) is 15.0. The van der Waals surface area contributed by atoms with Crippen LogP contribution in [0.3, 0.4) is 0 Å². The standard InChI is InChI=1S/C22H31ClN4O3Si/c1-5-6-12-25-20(28)18-19(27(22(25)29)16-30-13-14-31(2,3)4)24-21(23)26(18)15-17-10-8-7-9-11-17/h7-11H,5-6,12-16H2,1-4H3. The number of rotatable bonds is 10. The molecule has 2 heterocycles. The Balaban J connectivity index is 2.08. The van der Waals surface area contributed by atoms with Crippen LogP contribution < -0.4 is 11.2 Å². The van der Waals surface area contributed by atoms with Gasteiger partial charge in [-0.15, -0.1) is 0 Å². The fourth-order valence-corrected chi connectivity index (χ4v) is 4.32. The third kappa shape index (κ3) is 5.56. The number of unbranched alkanes of at least 4 members (excludes halogenated alkanes) is 1. The molecule has 0 fully saturated rings. The second-order valence-electron chi connectivity index (χ2n) is 8.99. The van der Waals surface area contributed by atoms with Crippen LogP contribution in [-0.2, 0) is 24.6 Å². The van der Waals surface area contributed by atoms with E-state index in [2.05, 4.69) is 24.6 Å². The van der Waals surface area contributed by atoms with E-state index in [0.29, 0.717) is 25.2 Å². The molecule has 0 saturated heterocycles. The highest BCUT2D eigenvalue weighted by atomic mass is 35.5. The lowest BCUT2D eigenvalue weighted by Crippen LogP contribution is -2.41. The van der Waals surface area contributed by atoms with Gasteiger partial charge in [-0.25, -0.2) is 4.79 Å². The van der Waals surface area contributed by atoms with Gasteiger partial charge < -0.3 is 9.30 Å². The number of benzene rings is 1. The summed E-state index contributed by atoms with van der Waals surface area (Å²) in [6.07, 6.45) is 1.61. The highest BCUT2D eigenvalue weighted by Gasteiger charge is 2.21. The first kappa shape index (κ1) is 23.5. The Hall–Kier alpha value is -2.16. The van der Waals surface area contributed by atoms with Crippen LogP contribution in [0.15, 0.2) is 39.9 Å². The molecule has 0 aliphatic rings. The van der Waals surface area contributed by atoms with Crippen molar-refractivity contribution in [2.75, 3.05) is 6.61 Å². The Morgan fingerprint density at radius 1 is 1.06 bits per heavy atom. The predicted molar refractivity (Wildman–Crippen MR) is 128 cm³/mol. The fourth-order valence-electron chi connectivity index (χ4n) is 3.34. The number of hydrogen-bond acceptors (Lipinski definition) is 4. The summed E-state index contributed by atoms with van der Waals surface area (Å²) < 4.78 is 10.2. The van der Waals surface area contributed by atoms with E-state index >= 15 is 0 Å². The maximum absolute atomic E-state index is 13.3. The summed E-state index contributed by atoms with van der Waals surface area (Å²) >= 11 is 6.44. The molecule has 168 valence electrons. The molecule has 3 aromatic rings. The zero-order valence-corrected chi connectivity index (χ0v) is 20.5. The van der Waals surface area contributed by atoms with Crippen LogP contribution in [0.4, 0.5) is 0 Å². The Morgan fingerprint density at radius 2 is 1.77 bits per heavy atom. The molecule has 0 atom stereocenters. The minimum Gasteiger partial charge on any atom is -0.361 e. The van der Waals surface area contributed by atoms with Crippen molar-refractivity contribution < 1.29 is 4.74 Å². The van der Waals surface area contributed by atoms with Gasteiger partial charge in [0.05, 0.1) is 6.54 Å². The number of halogens is 1. The van der Waals surface area contributed by atoms with E-state index < -0.39 is 13.8 Å². The molecule has 0 aliphatic heterocycles. The van der Waals surface area contributed by atoms with Crippen molar-refractivity contribution >= 4 is 30.8 Å². The molecule has 1 aromatic carbocycles. The van der Waals surface area contributed by atoms with Gasteiger partial charge >= 0.3 is 5.69 Å². The summed E-state index contributed by atoms with van der Waals surface area (Å²) in [5, 5.41) is 0.180. The summed E-state index contributed by atoms with van der Waals surface area (Å²) in [6.45, 7) is 10.2. The first-order valence-corrected chi connectivity index (χ1v) is 14.8. The summed E-state index contributed by atoms with van der Waals surface area (Å²) in [6, 6.07) is 10.7. The van der Waals surface area contributed by atoms with Gasteiger partial charge in [0.1, 0.15) is 6.73 Å². The van der Waals surface area contributed by atoms with Crippen molar-refractivity contribution in [1.82, 2.24) is 18.7 Å². The van der Waals surface area contributed by atoms with Crippen molar-refractivity contribution in [2.45, 2.75) is 65.3 Å². The van der Waals surface area contributed by atoms with Crippen molar-refractivity contribution in [2.24, 2.45) is 0 Å². The highest BCUT2D eigenvalue weighted by molar-refractivity contribution is 6.76. The summed E-state index contributed by atoms with van der Waals surface area (Å²) in [5.74, 6) is 0. The largest absolute Gasteiger partial charge is 0.361 e. The van der Waals surface area contributed by atoms with Crippen molar-refractivity contribution in [1.29, 1.82) is 0 Å². The van der Waals surface area contributed by atoms with E-state index in [-0.39, 0.29) is 23.2 Å². The Bertz CT molecular complexity index is 1150. The minimum absolute atomic E-state index is 0.0465. The van der Waals surface area contributed by atoms with E-state index in [0.717, 1.165) is 24.4 Å². The highest BCUT2D eigenvalue weighted by Crippen LogP contribution is 2.18. The number of aromatic nitrogens is 4. The van der Waals surface area contributed by atoms with Gasteiger partial charge in [-0.1, -0.05) is 63.3 Å². The van der Waals surface area contributed by atoms with Crippen LogP contribution in [0.1, 0.15) is 25.3 Å². The van der Waals surface area contributed by atoms with Crippen LogP contribution in [0.5, 0.6) is 0 Å². The van der Waals surface area contributed by atoms with E-state index in [1.54, 1.807) is 4.57 Å². The van der Waals surface area contributed by atoms with E-state index in [9.17, 15) is 9.59 Å². The number of fused-ring (bicyclic) bond motifs is 1. The monoisotopic (exact) mass is 462 g/mol. The van der Waals surface area contributed by atoms with Crippen molar-refractivity contribution in [3.8, 4) is 0 Å². The Morgan fingerprint density at radius 3 is 2.42 bits per heavy atom. The first-order valence-electron chi connectivity index (χ1n) is 10.7. The zero-order valence-electron chi connectivity index (χ0n) is 18.7. The maximum Gasteiger partial charge on any atom is 0.334 e. The van der Waals surface area contributed by atoms with E-state index in [4.69, 9.17) is 16.3 Å². The molecule has 31 heavy (non-hydrogen) atoms. The van der Waals surface area contributed by atoms with Crippen molar-refractivity contribution in [3.63, 3.8) is 0 Å². The van der Waals surface area contributed by atoms with Crippen LogP contribution in [0.25, 0.3) is 11.2 Å². The van der Waals surface area contributed by atoms with Crippen LogP contribution in [-0.4, -0.2) is 33.4 Å². The zero-order chi connectivity index (χ0) is 22.6. The molecule has 0 spiro atoms.